The smallest absolute Gasteiger partial charge is 0.335 e. The maximum absolute atomic E-state index is 12.6. The van der Waals surface area contributed by atoms with E-state index in [2.05, 4.69) is 0 Å². The number of carboxylic acids is 1. The Bertz CT molecular complexity index is 1030. The van der Waals surface area contributed by atoms with Gasteiger partial charge in [-0.3, -0.25) is 4.79 Å². The summed E-state index contributed by atoms with van der Waals surface area (Å²) in [5, 5.41) is 58.7. The number of benzene rings is 2. The van der Waals surface area contributed by atoms with Crippen LogP contribution in [0.25, 0.3) is 0 Å². The van der Waals surface area contributed by atoms with Crippen LogP contribution < -0.4 is 9.47 Å². The van der Waals surface area contributed by atoms with Crippen molar-refractivity contribution in [2.45, 2.75) is 43.2 Å². The lowest BCUT2D eigenvalue weighted by Gasteiger charge is -2.38. The number of fused-ring (bicyclic) bond motifs is 1. The first-order valence-corrected chi connectivity index (χ1v) is 9.60. The molecule has 0 bridgehead atoms. The summed E-state index contributed by atoms with van der Waals surface area (Å²) in [6.07, 6.45) is -9.86. The number of rotatable bonds is 4. The molecular formula is C21H20O11. The summed E-state index contributed by atoms with van der Waals surface area (Å²) in [7, 11) is 0. The van der Waals surface area contributed by atoms with Crippen molar-refractivity contribution >= 4 is 11.8 Å². The number of aliphatic hydroxyl groups is 3. The molecule has 6 N–H and O–H groups in total. The van der Waals surface area contributed by atoms with Gasteiger partial charge >= 0.3 is 5.97 Å². The summed E-state index contributed by atoms with van der Waals surface area (Å²) in [6.45, 7) is 0. The first-order chi connectivity index (χ1) is 15.2. The van der Waals surface area contributed by atoms with E-state index in [9.17, 15) is 35.1 Å². The van der Waals surface area contributed by atoms with Crippen LogP contribution in [-0.4, -0.2) is 73.1 Å². The molecule has 2 aliphatic rings. The molecule has 0 amide bonds. The molecule has 1 saturated heterocycles. The zero-order valence-electron chi connectivity index (χ0n) is 16.4. The molecule has 0 radical (unpaired) electrons. The minimum atomic E-state index is -1.88. The fourth-order valence-corrected chi connectivity index (χ4v) is 3.64. The first-order valence-electron chi connectivity index (χ1n) is 9.60. The van der Waals surface area contributed by atoms with Crippen molar-refractivity contribution in [2.75, 3.05) is 0 Å². The molecule has 32 heavy (non-hydrogen) atoms. The summed E-state index contributed by atoms with van der Waals surface area (Å²) in [5.74, 6) is -2.55. The van der Waals surface area contributed by atoms with Crippen LogP contribution in [0.2, 0.25) is 0 Å². The van der Waals surface area contributed by atoms with Gasteiger partial charge in [-0.25, -0.2) is 4.79 Å². The fourth-order valence-electron chi connectivity index (χ4n) is 3.64. The standard InChI is InChI=1S/C21H20O11/c22-9-3-1-8(2-4-9)13-7-12(24)15-11(23)5-10(6-14(15)31-13)30-21-18(27)16(25)17(26)19(32-21)20(28)29/h1-6,13,16-19,21-23,25-27H,7H2,(H,28,29)/t13-,16+,17+,18-,19+,21-/m0/s1. The number of Topliss-reactive ketones (excluding diaryl/α,β-unsaturated/α-hetero) is 1. The molecule has 0 saturated carbocycles. The molecule has 0 aliphatic carbocycles. The lowest BCUT2D eigenvalue weighted by Crippen LogP contribution is -2.61. The van der Waals surface area contributed by atoms with Crippen molar-refractivity contribution in [3.05, 3.63) is 47.5 Å². The first kappa shape index (κ1) is 21.8. The maximum Gasteiger partial charge on any atom is 0.335 e. The third-order valence-electron chi connectivity index (χ3n) is 5.30. The van der Waals surface area contributed by atoms with Gasteiger partial charge in [0, 0.05) is 12.1 Å². The number of carbonyl (C=O) groups is 2. The molecule has 170 valence electrons. The topological polar surface area (TPSA) is 183 Å². The van der Waals surface area contributed by atoms with Crippen LogP contribution in [-0.2, 0) is 9.53 Å². The summed E-state index contributed by atoms with van der Waals surface area (Å²) >= 11 is 0. The van der Waals surface area contributed by atoms with E-state index in [4.69, 9.17) is 19.3 Å². The van der Waals surface area contributed by atoms with E-state index >= 15 is 0 Å². The van der Waals surface area contributed by atoms with Gasteiger partial charge in [0.05, 0.1) is 6.42 Å². The van der Waals surface area contributed by atoms with Gasteiger partial charge in [0.25, 0.3) is 0 Å². The van der Waals surface area contributed by atoms with Gasteiger partial charge in [-0.05, 0) is 17.7 Å². The minimum absolute atomic E-state index is 0.0185. The molecule has 1 fully saturated rings. The second kappa shape index (κ2) is 8.28. The van der Waals surface area contributed by atoms with Gasteiger partial charge in [0.15, 0.2) is 11.9 Å². The Morgan fingerprint density at radius 1 is 1.00 bits per heavy atom. The molecule has 0 aromatic heterocycles. The van der Waals surface area contributed by atoms with Crippen LogP contribution in [0.15, 0.2) is 36.4 Å². The molecule has 0 spiro atoms. The number of carboxylic acid groups (broad SMARTS) is 1. The van der Waals surface area contributed by atoms with E-state index in [1.807, 2.05) is 0 Å². The van der Waals surface area contributed by atoms with Crippen LogP contribution in [0.5, 0.6) is 23.0 Å². The van der Waals surface area contributed by atoms with Crippen molar-refractivity contribution in [3.8, 4) is 23.0 Å². The minimum Gasteiger partial charge on any atom is -0.508 e. The van der Waals surface area contributed by atoms with E-state index in [0.29, 0.717) is 5.56 Å². The van der Waals surface area contributed by atoms with Crippen LogP contribution >= 0.6 is 0 Å². The predicted octanol–water partition coefficient (Wildman–Crippen LogP) is 0.0753. The predicted molar refractivity (Wildman–Crippen MR) is 103 cm³/mol. The SMILES string of the molecule is O=C1C[C@@H](c2ccc(O)cc2)Oc2cc(O[C@H]3O[C@@H](C(=O)O)[C@H](O)[C@@H](O)[C@@H]3O)cc(O)c21. The third kappa shape index (κ3) is 3.94. The number of carbonyl (C=O) groups excluding carboxylic acids is 1. The van der Waals surface area contributed by atoms with Gasteiger partial charge in [-0.15, -0.1) is 0 Å². The van der Waals surface area contributed by atoms with Crippen molar-refractivity contribution in [2.24, 2.45) is 0 Å². The summed E-state index contributed by atoms with van der Waals surface area (Å²) in [6, 6.07) is 8.37. The van der Waals surface area contributed by atoms with Crippen LogP contribution in [0, 0.1) is 0 Å². The van der Waals surface area contributed by atoms with Crippen molar-refractivity contribution in [1.82, 2.24) is 0 Å². The monoisotopic (exact) mass is 448 g/mol. The van der Waals surface area contributed by atoms with E-state index < -0.39 is 54.3 Å². The van der Waals surface area contributed by atoms with Gasteiger partial charge in [0.2, 0.25) is 6.29 Å². The number of aliphatic hydroxyl groups excluding tert-OH is 3. The number of hydrogen-bond acceptors (Lipinski definition) is 10. The van der Waals surface area contributed by atoms with Gasteiger partial charge in [0.1, 0.15) is 53.0 Å². The summed E-state index contributed by atoms with van der Waals surface area (Å²) in [4.78, 5) is 23.8. The number of ketones is 1. The highest BCUT2D eigenvalue weighted by Gasteiger charge is 2.48. The highest BCUT2D eigenvalue weighted by atomic mass is 16.7. The number of aromatic hydroxyl groups is 2. The van der Waals surface area contributed by atoms with E-state index in [-0.39, 0.29) is 29.2 Å². The Hall–Kier alpha value is -3.38. The third-order valence-corrected chi connectivity index (χ3v) is 5.30. The van der Waals surface area contributed by atoms with E-state index in [1.54, 1.807) is 12.1 Å². The molecule has 4 rings (SSSR count). The zero-order chi connectivity index (χ0) is 23.2. The van der Waals surface area contributed by atoms with Crippen LogP contribution in [0.1, 0.15) is 28.4 Å². The number of phenolic OH excluding ortho intramolecular Hbond substituents is 2. The van der Waals surface area contributed by atoms with E-state index in [0.717, 1.165) is 6.07 Å². The number of ether oxygens (including phenoxy) is 3. The molecule has 11 nitrogen and oxygen atoms in total. The normalized spacial score (nSPS) is 29.7. The Kier molecular flexibility index (Phi) is 5.65. The largest absolute Gasteiger partial charge is 0.508 e. The summed E-state index contributed by atoms with van der Waals surface area (Å²) < 4.78 is 16.3. The molecule has 6 atom stereocenters. The van der Waals surface area contributed by atoms with Crippen molar-refractivity contribution in [3.63, 3.8) is 0 Å². The second-order valence-electron chi connectivity index (χ2n) is 7.49. The van der Waals surface area contributed by atoms with Gasteiger partial charge < -0.3 is 44.8 Å². The summed E-state index contributed by atoms with van der Waals surface area (Å²) in [5.41, 5.74) is 0.538. The zero-order valence-corrected chi connectivity index (χ0v) is 16.4. The Morgan fingerprint density at radius 2 is 1.69 bits per heavy atom. The highest BCUT2D eigenvalue weighted by molar-refractivity contribution is 6.02. The molecule has 2 heterocycles. The fraction of sp³-hybridized carbons (Fsp3) is 0.333. The van der Waals surface area contributed by atoms with E-state index in [1.165, 1.54) is 18.2 Å². The lowest BCUT2D eigenvalue weighted by molar-refractivity contribution is -0.271. The van der Waals surface area contributed by atoms with Crippen molar-refractivity contribution in [1.29, 1.82) is 0 Å². The average molecular weight is 448 g/mol. The highest BCUT2D eigenvalue weighted by Crippen LogP contribution is 2.42. The molecular weight excluding hydrogens is 428 g/mol. The Morgan fingerprint density at radius 3 is 2.34 bits per heavy atom. The van der Waals surface area contributed by atoms with Gasteiger partial charge in [-0.1, -0.05) is 12.1 Å². The Labute approximate surface area is 180 Å². The number of phenols is 2. The van der Waals surface area contributed by atoms with Gasteiger partial charge in [-0.2, -0.15) is 0 Å². The molecule has 2 aromatic carbocycles. The average Bonchev–Trinajstić information content (AvgIpc) is 2.73. The quantitative estimate of drug-likeness (QED) is 0.372. The van der Waals surface area contributed by atoms with Crippen LogP contribution in [0.3, 0.4) is 0 Å². The van der Waals surface area contributed by atoms with Crippen LogP contribution in [0.4, 0.5) is 0 Å². The Balaban J connectivity index is 1.60. The number of aliphatic carboxylic acids is 1. The molecule has 11 heteroatoms. The number of hydrogen-bond donors (Lipinski definition) is 6. The maximum atomic E-state index is 12.6. The van der Waals surface area contributed by atoms with Crippen molar-refractivity contribution < 1.29 is 54.4 Å². The molecule has 2 aromatic rings. The molecule has 0 unspecified atom stereocenters. The lowest BCUT2D eigenvalue weighted by atomic mass is 9.95. The second-order valence-corrected chi connectivity index (χ2v) is 7.49. The molecule has 2 aliphatic heterocycles.